The monoisotopic (exact) mass is 344 g/mol. The minimum absolute atomic E-state index is 0.0643. The summed E-state index contributed by atoms with van der Waals surface area (Å²) in [6.07, 6.45) is 3.20. The molecule has 1 aliphatic heterocycles. The summed E-state index contributed by atoms with van der Waals surface area (Å²) in [5, 5.41) is 12.1. The number of carbonyl (C=O) groups excluding carboxylic acids is 2. The number of carboxylic acid groups (broad SMARTS) is 1. The highest BCUT2D eigenvalue weighted by atomic mass is 16.4. The number of anilines is 1. The molecule has 3 atom stereocenters. The van der Waals surface area contributed by atoms with E-state index in [9.17, 15) is 19.5 Å². The van der Waals surface area contributed by atoms with Crippen LogP contribution in [0.5, 0.6) is 0 Å². The van der Waals surface area contributed by atoms with Gasteiger partial charge in [0.1, 0.15) is 0 Å². The first-order chi connectivity index (χ1) is 12.0. The van der Waals surface area contributed by atoms with Gasteiger partial charge < -0.3 is 15.3 Å². The Balaban J connectivity index is 1.63. The predicted octanol–water partition coefficient (Wildman–Crippen LogP) is 1.97. The molecule has 6 nitrogen and oxygen atoms in total. The molecule has 134 valence electrons. The first-order valence-corrected chi connectivity index (χ1v) is 8.92. The van der Waals surface area contributed by atoms with Crippen LogP contribution in [-0.4, -0.2) is 35.5 Å². The number of rotatable bonds is 5. The standard InChI is InChI=1S/C19H24N2O4/c1-2-12-6-8-14(9-7-12)21-11-13(10-17(21)22)18(23)20-16-5-3-4-15(16)19(24)25/h6-9,13,15-16H,2-5,10-11H2,1H3,(H,20,23)(H,24,25)/t13?,15-,16+/m0/s1. The van der Waals surface area contributed by atoms with Crippen LogP contribution in [0.1, 0.15) is 38.2 Å². The fourth-order valence-corrected chi connectivity index (χ4v) is 3.77. The highest BCUT2D eigenvalue weighted by molar-refractivity contribution is 6.00. The lowest BCUT2D eigenvalue weighted by Gasteiger charge is -2.20. The summed E-state index contributed by atoms with van der Waals surface area (Å²) < 4.78 is 0. The first kappa shape index (κ1) is 17.5. The minimum atomic E-state index is -0.858. The summed E-state index contributed by atoms with van der Waals surface area (Å²) in [4.78, 5) is 37.7. The van der Waals surface area contributed by atoms with Gasteiger partial charge in [-0.2, -0.15) is 0 Å². The molecule has 1 aromatic carbocycles. The first-order valence-electron chi connectivity index (χ1n) is 8.92. The second-order valence-corrected chi connectivity index (χ2v) is 6.92. The third-order valence-electron chi connectivity index (χ3n) is 5.31. The van der Waals surface area contributed by atoms with Crippen LogP contribution in [-0.2, 0) is 20.8 Å². The van der Waals surface area contributed by atoms with Crippen LogP contribution in [0.15, 0.2) is 24.3 Å². The summed E-state index contributed by atoms with van der Waals surface area (Å²) in [5.41, 5.74) is 2.01. The Hall–Kier alpha value is -2.37. The van der Waals surface area contributed by atoms with Crippen molar-refractivity contribution in [1.29, 1.82) is 0 Å². The zero-order valence-corrected chi connectivity index (χ0v) is 14.4. The number of amides is 2. The number of nitrogens with zero attached hydrogens (tertiary/aromatic N) is 1. The predicted molar refractivity (Wildman–Crippen MR) is 93.2 cm³/mol. The molecule has 0 aromatic heterocycles. The number of carbonyl (C=O) groups is 3. The molecule has 1 unspecified atom stereocenters. The Kier molecular flexibility index (Phi) is 5.06. The van der Waals surface area contributed by atoms with E-state index >= 15 is 0 Å². The van der Waals surface area contributed by atoms with E-state index in [-0.39, 0.29) is 24.3 Å². The molecule has 1 saturated carbocycles. The van der Waals surface area contributed by atoms with E-state index in [1.807, 2.05) is 24.3 Å². The van der Waals surface area contributed by atoms with Crippen LogP contribution >= 0.6 is 0 Å². The van der Waals surface area contributed by atoms with Gasteiger partial charge in [-0.3, -0.25) is 14.4 Å². The van der Waals surface area contributed by atoms with Crippen molar-refractivity contribution in [2.75, 3.05) is 11.4 Å². The topological polar surface area (TPSA) is 86.7 Å². The molecule has 0 radical (unpaired) electrons. The summed E-state index contributed by atoms with van der Waals surface area (Å²) in [7, 11) is 0. The number of benzene rings is 1. The van der Waals surface area contributed by atoms with Crippen LogP contribution in [0.3, 0.4) is 0 Å². The summed E-state index contributed by atoms with van der Waals surface area (Å²) >= 11 is 0. The summed E-state index contributed by atoms with van der Waals surface area (Å²) in [6, 6.07) is 7.49. The zero-order chi connectivity index (χ0) is 18.0. The van der Waals surface area contributed by atoms with Gasteiger partial charge in [0.15, 0.2) is 0 Å². The largest absolute Gasteiger partial charge is 0.481 e. The Morgan fingerprint density at radius 1 is 1.24 bits per heavy atom. The van der Waals surface area contributed by atoms with Gasteiger partial charge in [-0.25, -0.2) is 0 Å². The SMILES string of the molecule is CCc1ccc(N2CC(C(=O)N[C@@H]3CCC[C@@H]3C(=O)O)CC2=O)cc1. The van der Waals surface area contributed by atoms with Gasteiger partial charge in [-0.15, -0.1) is 0 Å². The van der Waals surface area contributed by atoms with Gasteiger partial charge in [0.05, 0.1) is 11.8 Å². The van der Waals surface area contributed by atoms with Crippen LogP contribution in [0, 0.1) is 11.8 Å². The lowest BCUT2D eigenvalue weighted by molar-refractivity contribution is -0.142. The Morgan fingerprint density at radius 2 is 1.96 bits per heavy atom. The molecule has 0 bridgehead atoms. The number of hydrogen-bond acceptors (Lipinski definition) is 3. The molecule has 1 aliphatic carbocycles. The van der Waals surface area contributed by atoms with Crippen molar-refractivity contribution in [2.45, 2.75) is 45.1 Å². The molecule has 1 saturated heterocycles. The van der Waals surface area contributed by atoms with Crippen molar-refractivity contribution in [1.82, 2.24) is 5.32 Å². The molecule has 1 aromatic rings. The van der Waals surface area contributed by atoms with Gasteiger partial charge in [-0.05, 0) is 37.0 Å². The number of hydrogen-bond donors (Lipinski definition) is 2. The van der Waals surface area contributed by atoms with Crippen molar-refractivity contribution in [3.63, 3.8) is 0 Å². The highest BCUT2D eigenvalue weighted by Gasteiger charge is 2.39. The lowest BCUT2D eigenvalue weighted by Crippen LogP contribution is -2.43. The van der Waals surface area contributed by atoms with Crippen molar-refractivity contribution < 1.29 is 19.5 Å². The molecule has 2 aliphatic rings. The lowest BCUT2D eigenvalue weighted by atomic mass is 10.0. The van der Waals surface area contributed by atoms with E-state index in [0.29, 0.717) is 19.4 Å². The van der Waals surface area contributed by atoms with Crippen molar-refractivity contribution in [2.24, 2.45) is 11.8 Å². The van der Waals surface area contributed by atoms with Crippen LogP contribution in [0.25, 0.3) is 0 Å². The van der Waals surface area contributed by atoms with E-state index in [2.05, 4.69) is 12.2 Å². The third-order valence-corrected chi connectivity index (χ3v) is 5.31. The second kappa shape index (κ2) is 7.25. The number of aliphatic carboxylic acids is 1. The maximum absolute atomic E-state index is 12.5. The van der Waals surface area contributed by atoms with E-state index in [1.165, 1.54) is 5.56 Å². The average Bonchev–Trinajstić information content (AvgIpc) is 3.21. The van der Waals surface area contributed by atoms with Gasteiger partial charge in [0.25, 0.3) is 0 Å². The molecular weight excluding hydrogens is 320 g/mol. The Morgan fingerprint density at radius 3 is 2.60 bits per heavy atom. The molecule has 1 heterocycles. The number of nitrogens with one attached hydrogen (secondary N) is 1. The van der Waals surface area contributed by atoms with Crippen LogP contribution in [0.4, 0.5) is 5.69 Å². The molecule has 2 fully saturated rings. The van der Waals surface area contributed by atoms with Gasteiger partial charge in [-0.1, -0.05) is 25.5 Å². The average molecular weight is 344 g/mol. The van der Waals surface area contributed by atoms with Crippen molar-refractivity contribution in [3.8, 4) is 0 Å². The van der Waals surface area contributed by atoms with E-state index in [1.54, 1.807) is 4.90 Å². The fourth-order valence-electron chi connectivity index (χ4n) is 3.77. The molecule has 25 heavy (non-hydrogen) atoms. The Labute approximate surface area is 147 Å². The van der Waals surface area contributed by atoms with E-state index in [0.717, 1.165) is 18.5 Å². The van der Waals surface area contributed by atoms with Gasteiger partial charge >= 0.3 is 5.97 Å². The fraction of sp³-hybridized carbons (Fsp3) is 0.526. The molecular formula is C19H24N2O4. The normalized spacial score (nSPS) is 26.0. The zero-order valence-electron chi connectivity index (χ0n) is 14.4. The minimum Gasteiger partial charge on any atom is -0.481 e. The van der Waals surface area contributed by atoms with Gasteiger partial charge in [0.2, 0.25) is 11.8 Å². The summed E-state index contributed by atoms with van der Waals surface area (Å²) in [6.45, 7) is 2.42. The molecule has 6 heteroatoms. The van der Waals surface area contributed by atoms with Crippen molar-refractivity contribution >= 4 is 23.5 Å². The maximum atomic E-state index is 12.5. The van der Waals surface area contributed by atoms with Crippen LogP contribution in [0.2, 0.25) is 0 Å². The number of carboxylic acids is 1. The van der Waals surface area contributed by atoms with E-state index in [4.69, 9.17) is 0 Å². The summed E-state index contributed by atoms with van der Waals surface area (Å²) in [5.74, 6) is -2.07. The Bertz CT molecular complexity index is 671. The van der Waals surface area contributed by atoms with Crippen LogP contribution < -0.4 is 10.2 Å². The third kappa shape index (κ3) is 3.67. The number of aryl methyl sites for hydroxylation is 1. The van der Waals surface area contributed by atoms with E-state index < -0.39 is 17.8 Å². The highest BCUT2D eigenvalue weighted by Crippen LogP contribution is 2.29. The molecule has 2 amide bonds. The quantitative estimate of drug-likeness (QED) is 0.855. The molecule has 0 spiro atoms. The molecule has 3 rings (SSSR count). The smallest absolute Gasteiger partial charge is 0.308 e. The second-order valence-electron chi connectivity index (χ2n) is 6.92. The molecule has 2 N–H and O–H groups in total. The maximum Gasteiger partial charge on any atom is 0.308 e. The van der Waals surface area contributed by atoms with Gasteiger partial charge in [0, 0.05) is 24.7 Å². The van der Waals surface area contributed by atoms with Crippen molar-refractivity contribution in [3.05, 3.63) is 29.8 Å².